The van der Waals surface area contributed by atoms with E-state index in [9.17, 15) is 18.0 Å². The number of nitrogens with one attached hydrogen (secondary N) is 1. The zero-order valence-corrected chi connectivity index (χ0v) is 17.6. The van der Waals surface area contributed by atoms with Crippen LogP contribution >= 0.6 is 11.6 Å². The zero-order valence-electron chi connectivity index (χ0n) is 16.9. The van der Waals surface area contributed by atoms with Gasteiger partial charge in [0.25, 0.3) is 0 Å². The molecular weight excluding hydrogens is 445 g/mol. The third-order valence-corrected chi connectivity index (χ3v) is 5.45. The molecule has 0 bridgehead atoms. The molecule has 2 aromatic carbocycles. The van der Waals surface area contributed by atoms with Crippen molar-refractivity contribution in [2.24, 2.45) is 0 Å². The molecule has 1 saturated heterocycles. The van der Waals surface area contributed by atoms with Crippen molar-refractivity contribution >= 4 is 28.9 Å². The fraction of sp³-hybridized carbons (Fsp3) is 0.286. The van der Waals surface area contributed by atoms with Gasteiger partial charge in [0, 0.05) is 36.9 Å². The summed E-state index contributed by atoms with van der Waals surface area (Å²) >= 11 is 5.93. The summed E-state index contributed by atoms with van der Waals surface area (Å²) < 4.78 is 40.9. The SMILES string of the molecule is O=C(CN1CCN(c2ccc(Cl)cc2)CC1)Nc1cc(C(F)(F)F)ccc1-n1cncn1. The predicted molar refractivity (Wildman–Crippen MR) is 115 cm³/mol. The lowest BCUT2D eigenvalue weighted by Crippen LogP contribution is -2.48. The summed E-state index contributed by atoms with van der Waals surface area (Å²) in [7, 11) is 0. The average molecular weight is 465 g/mol. The molecule has 0 aliphatic carbocycles. The molecule has 0 saturated carbocycles. The van der Waals surface area contributed by atoms with E-state index in [1.807, 2.05) is 29.2 Å². The minimum Gasteiger partial charge on any atom is -0.369 e. The molecule has 1 amide bonds. The Balaban J connectivity index is 1.41. The Bertz CT molecular complexity index is 1060. The second-order valence-corrected chi connectivity index (χ2v) is 7.79. The van der Waals surface area contributed by atoms with Crippen molar-refractivity contribution in [2.75, 3.05) is 42.9 Å². The molecule has 1 aliphatic rings. The van der Waals surface area contributed by atoms with Gasteiger partial charge in [-0.15, -0.1) is 0 Å². The van der Waals surface area contributed by atoms with Crippen LogP contribution in [-0.2, 0) is 11.0 Å². The summed E-state index contributed by atoms with van der Waals surface area (Å²) in [5.41, 5.74) is 0.528. The summed E-state index contributed by atoms with van der Waals surface area (Å²) in [4.78, 5) is 20.6. The maximum Gasteiger partial charge on any atom is 0.416 e. The third kappa shape index (κ3) is 5.20. The maximum atomic E-state index is 13.2. The van der Waals surface area contributed by atoms with Crippen LogP contribution in [0.15, 0.2) is 55.1 Å². The number of carbonyl (C=O) groups is 1. The van der Waals surface area contributed by atoms with E-state index in [1.54, 1.807) is 0 Å². The van der Waals surface area contributed by atoms with E-state index >= 15 is 0 Å². The number of alkyl halides is 3. The number of amides is 1. The first-order valence-corrected chi connectivity index (χ1v) is 10.3. The van der Waals surface area contributed by atoms with Crippen LogP contribution in [0.4, 0.5) is 24.5 Å². The smallest absolute Gasteiger partial charge is 0.369 e. The van der Waals surface area contributed by atoms with E-state index in [-0.39, 0.29) is 12.2 Å². The summed E-state index contributed by atoms with van der Waals surface area (Å²) in [6.07, 6.45) is -1.91. The van der Waals surface area contributed by atoms with Gasteiger partial charge >= 0.3 is 6.18 Å². The highest BCUT2D eigenvalue weighted by Gasteiger charge is 2.31. The number of nitrogens with zero attached hydrogens (tertiary/aromatic N) is 5. The molecule has 0 atom stereocenters. The van der Waals surface area contributed by atoms with Gasteiger partial charge in [-0.3, -0.25) is 9.69 Å². The maximum absolute atomic E-state index is 13.2. The molecule has 1 aliphatic heterocycles. The van der Waals surface area contributed by atoms with Gasteiger partial charge in [0.05, 0.1) is 23.5 Å². The van der Waals surface area contributed by atoms with Crippen LogP contribution in [0, 0.1) is 0 Å². The van der Waals surface area contributed by atoms with Gasteiger partial charge < -0.3 is 10.2 Å². The molecule has 1 N–H and O–H groups in total. The Morgan fingerprint density at radius 3 is 2.41 bits per heavy atom. The van der Waals surface area contributed by atoms with Gasteiger partial charge in [-0.05, 0) is 42.5 Å². The topological polar surface area (TPSA) is 66.3 Å². The Kier molecular flexibility index (Phi) is 6.33. The number of piperazine rings is 1. The second kappa shape index (κ2) is 9.17. The molecule has 4 rings (SSSR count). The van der Waals surface area contributed by atoms with Crippen molar-refractivity contribution < 1.29 is 18.0 Å². The van der Waals surface area contributed by atoms with Gasteiger partial charge in [0.2, 0.25) is 5.91 Å². The van der Waals surface area contributed by atoms with E-state index in [1.165, 1.54) is 23.4 Å². The zero-order chi connectivity index (χ0) is 22.7. The molecule has 7 nitrogen and oxygen atoms in total. The monoisotopic (exact) mass is 464 g/mol. The van der Waals surface area contributed by atoms with Crippen LogP contribution < -0.4 is 10.2 Å². The lowest BCUT2D eigenvalue weighted by atomic mass is 10.1. The first-order chi connectivity index (χ1) is 15.3. The van der Waals surface area contributed by atoms with Crippen LogP contribution in [0.2, 0.25) is 5.02 Å². The van der Waals surface area contributed by atoms with Crippen LogP contribution in [0.1, 0.15) is 5.56 Å². The molecule has 11 heteroatoms. The average Bonchev–Trinajstić information content (AvgIpc) is 3.29. The molecule has 168 valence electrons. The van der Waals surface area contributed by atoms with Gasteiger partial charge in [-0.25, -0.2) is 9.67 Å². The molecular formula is C21H20ClF3N6O. The predicted octanol–water partition coefficient (Wildman–Crippen LogP) is 3.70. The number of rotatable bonds is 5. The molecule has 0 spiro atoms. The van der Waals surface area contributed by atoms with E-state index < -0.39 is 17.6 Å². The van der Waals surface area contributed by atoms with Crippen molar-refractivity contribution in [3.05, 3.63) is 65.7 Å². The van der Waals surface area contributed by atoms with Crippen LogP contribution in [0.5, 0.6) is 0 Å². The minimum atomic E-state index is -4.53. The van der Waals surface area contributed by atoms with Crippen LogP contribution in [-0.4, -0.2) is 58.3 Å². The number of hydrogen-bond donors (Lipinski definition) is 1. The fourth-order valence-electron chi connectivity index (χ4n) is 3.55. The molecule has 32 heavy (non-hydrogen) atoms. The number of anilines is 2. The number of halogens is 4. The first-order valence-electron chi connectivity index (χ1n) is 9.88. The van der Waals surface area contributed by atoms with Crippen LogP contribution in [0.3, 0.4) is 0 Å². The number of carbonyl (C=O) groups excluding carboxylic acids is 1. The van der Waals surface area contributed by atoms with E-state index in [0.717, 1.165) is 30.9 Å². The number of hydrogen-bond acceptors (Lipinski definition) is 5. The quantitative estimate of drug-likeness (QED) is 0.623. The summed E-state index contributed by atoms with van der Waals surface area (Å²) in [5.74, 6) is -0.398. The van der Waals surface area contributed by atoms with Gasteiger partial charge in [-0.2, -0.15) is 18.3 Å². The summed E-state index contributed by atoms with van der Waals surface area (Å²) in [6, 6.07) is 10.7. The largest absolute Gasteiger partial charge is 0.416 e. The highest BCUT2D eigenvalue weighted by Crippen LogP contribution is 2.33. The van der Waals surface area contributed by atoms with Crippen LogP contribution in [0.25, 0.3) is 5.69 Å². The van der Waals surface area contributed by atoms with Crippen molar-refractivity contribution in [2.45, 2.75) is 6.18 Å². The fourth-order valence-corrected chi connectivity index (χ4v) is 3.68. The van der Waals surface area contributed by atoms with E-state index in [2.05, 4.69) is 20.3 Å². The summed E-state index contributed by atoms with van der Waals surface area (Å²) in [6.45, 7) is 2.82. The Hall–Kier alpha value is -3.11. The van der Waals surface area contributed by atoms with Gasteiger partial charge in [0.15, 0.2) is 0 Å². The van der Waals surface area contributed by atoms with E-state index in [0.29, 0.717) is 23.8 Å². The third-order valence-electron chi connectivity index (χ3n) is 5.19. The van der Waals surface area contributed by atoms with Crippen molar-refractivity contribution in [1.29, 1.82) is 0 Å². The highest BCUT2D eigenvalue weighted by atomic mass is 35.5. The minimum absolute atomic E-state index is 0.0233. The molecule has 3 aromatic rings. The van der Waals surface area contributed by atoms with Crippen molar-refractivity contribution in [3.8, 4) is 5.69 Å². The van der Waals surface area contributed by atoms with Gasteiger partial charge in [-0.1, -0.05) is 11.6 Å². The first kappa shape index (κ1) is 22.1. The lowest BCUT2D eigenvalue weighted by molar-refractivity contribution is -0.137. The van der Waals surface area contributed by atoms with Gasteiger partial charge in [0.1, 0.15) is 12.7 Å². The lowest BCUT2D eigenvalue weighted by Gasteiger charge is -2.35. The highest BCUT2D eigenvalue weighted by molar-refractivity contribution is 6.30. The number of benzene rings is 2. The second-order valence-electron chi connectivity index (χ2n) is 7.36. The number of aromatic nitrogens is 3. The molecule has 0 radical (unpaired) electrons. The molecule has 1 fully saturated rings. The molecule has 1 aromatic heterocycles. The summed E-state index contributed by atoms with van der Waals surface area (Å²) in [5, 5.41) is 7.23. The Labute approximate surface area is 187 Å². The molecule has 0 unspecified atom stereocenters. The normalized spacial score (nSPS) is 15.1. The Morgan fingerprint density at radius 2 is 1.78 bits per heavy atom. The van der Waals surface area contributed by atoms with Crippen molar-refractivity contribution in [1.82, 2.24) is 19.7 Å². The van der Waals surface area contributed by atoms with Crippen molar-refractivity contribution in [3.63, 3.8) is 0 Å². The van der Waals surface area contributed by atoms with E-state index in [4.69, 9.17) is 11.6 Å². The molecule has 2 heterocycles. The standard InChI is InChI=1S/C21H20ClF3N6O/c22-16-2-4-17(5-3-16)30-9-7-29(8-10-30)12-20(32)28-18-11-15(21(23,24)25)1-6-19(18)31-14-26-13-27-31/h1-6,11,13-14H,7-10,12H2,(H,28,32). The Morgan fingerprint density at radius 1 is 1.06 bits per heavy atom.